The number of hydrogen-bond acceptors (Lipinski definition) is 8. The van der Waals surface area contributed by atoms with Crippen molar-refractivity contribution >= 4 is 19.0 Å². The molecule has 0 saturated carbocycles. The minimum atomic E-state index is -1.81. The van der Waals surface area contributed by atoms with Crippen LogP contribution in [0.4, 0.5) is 0 Å². The molecule has 5 N–H and O–H groups in total. The van der Waals surface area contributed by atoms with E-state index in [1.807, 2.05) is 0 Å². The molecule has 8 nitrogen and oxygen atoms in total. The van der Waals surface area contributed by atoms with E-state index in [2.05, 4.69) is 4.98 Å². The SMILES string of the molecule is O=C[C@H](OB(O)c1ccccn1)[C@@H](O)[C@H](O)[C@H](O)CO. The summed E-state index contributed by atoms with van der Waals surface area (Å²) in [6.07, 6.45) is -5.27. The van der Waals surface area contributed by atoms with Crippen molar-refractivity contribution in [2.24, 2.45) is 0 Å². The molecule has 1 aromatic heterocycles. The van der Waals surface area contributed by atoms with Gasteiger partial charge in [-0.3, -0.25) is 4.98 Å². The fourth-order valence-corrected chi connectivity index (χ4v) is 1.46. The van der Waals surface area contributed by atoms with Crippen molar-refractivity contribution in [1.29, 1.82) is 0 Å². The minimum Gasteiger partial charge on any atom is -0.422 e. The van der Waals surface area contributed by atoms with E-state index in [9.17, 15) is 25.1 Å². The third-order valence-corrected chi connectivity index (χ3v) is 2.63. The van der Waals surface area contributed by atoms with Gasteiger partial charge in [0, 0.05) is 6.20 Å². The fourth-order valence-electron chi connectivity index (χ4n) is 1.46. The smallest absolute Gasteiger partial charge is 0.422 e. The van der Waals surface area contributed by atoms with Gasteiger partial charge in [0.15, 0.2) is 0 Å². The molecule has 0 bridgehead atoms. The third kappa shape index (κ3) is 4.34. The normalized spacial score (nSPS) is 17.1. The Balaban J connectivity index is 2.69. The fraction of sp³-hybridized carbons (Fsp3) is 0.455. The molecule has 0 aromatic carbocycles. The van der Waals surface area contributed by atoms with Crippen LogP contribution in [0, 0.1) is 0 Å². The number of hydrogen-bond donors (Lipinski definition) is 5. The summed E-state index contributed by atoms with van der Waals surface area (Å²) >= 11 is 0. The second kappa shape index (κ2) is 8.05. The van der Waals surface area contributed by atoms with E-state index in [1.54, 1.807) is 12.1 Å². The van der Waals surface area contributed by atoms with Crippen LogP contribution in [0.15, 0.2) is 24.4 Å². The number of rotatable bonds is 8. The lowest BCUT2D eigenvalue weighted by atomic mass is 9.84. The zero-order valence-electron chi connectivity index (χ0n) is 10.5. The van der Waals surface area contributed by atoms with Crippen LogP contribution in [-0.2, 0) is 9.45 Å². The molecule has 0 fully saturated rings. The summed E-state index contributed by atoms with van der Waals surface area (Å²) in [5.74, 6) is 0. The third-order valence-electron chi connectivity index (χ3n) is 2.63. The highest BCUT2D eigenvalue weighted by atomic mass is 16.5. The van der Waals surface area contributed by atoms with Gasteiger partial charge in [-0.25, -0.2) is 0 Å². The van der Waals surface area contributed by atoms with Crippen LogP contribution in [0.5, 0.6) is 0 Å². The number of aromatic nitrogens is 1. The summed E-state index contributed by atoms with van der Waals surface area (Å²) in [4.78, 5) is 14.7. The minimum absolute atomic E-state index is 0.115. The van der Waals surface area contributed by atoms with Crippen molar-refractivity contribution in [1.82, 2.24) is 4.98 Å². The average Bonchev–Trinajstić information content (AvgIpc) is 2.50. The predicted molar refractivity (Wildman–Crippen MR) is 67.9 cm³/mol. The molecule has 0 aliphatic heterocycles. The molecule has 0 unspecified atom stereocenters. The first-order valence-electron chi connectivity index (χ1n) is 5.86. The van der Waals surface area contributed by atoms with E-state index in [1.165, 1.54) is 12.3 Å². The van der Waals surface area contributed by atoms with Crippen molar-refractivity contribution in [2.75, 3.05) is 6.61 Å². The van der Waals surface area contributed by atoms with Crippen LogP contribution in [0.25, 0.3) is 0 Å². The second-order valence-corrected chi connectivity index (χ2v) is 4.07. The molecule has 0 saturated heterocycles. The van der Waals surface area contributed by atoms with Crippen molar-refractivity contribution in [3.05, 3.63) is 24.4 Å². The highest BCUT2D eigenvalue weighted by Gasteiger charge is 2.34. The highest BCUT2D eigenvalue weighted by Crippen LogP contribution is 2.07. The van der Waals surface area contributed by atoms with Gasteiger partial charge >= 0.3 is 7.12 Å². The number of nitrogens with zero attached hydrogens (tertiary/aromatic N) is 1. The Labute approximate surface area is 115 Å². The average molecular weight is 285 g/mol. The maximum atomic E-state index is 10.9. The van der Waals surface area contributed by atoms with Crippen LogP contribution in [-0.4, -0.2) is 74.9 Å². The number of carbonyl (C=O) groups excluding carboxylic acids is 1. The summed E-state index contributed by atoms with van der Waals surface area (Å²) < 4.78 is 4.89. The maximum Gasteiger partial charge on any atom is 0.511 e. The molecule has 20 heavy (non-hydrogen) atoms. The predicted octanol–water partition coefficient (Wildman–Crippen LogP) is -3.57. The Morgan fingerprint density at radius 1 is 1.30 bits per heavy atom. The van der Waals surface area contributed by atoms with Gasteiger partial charge < -0.3 is 34.9 Å². The van der Waals surface area contributed by atoms with Crippen LogP contribution < -0.4 is 5.59 Å². The molecule has 1 aromatic rings. The topological polar surface area (TPSA) is 140 Å². The van der Waals surface area contributed by atoms with Gasteiger partial charge in [0.25, 0.3) is 0 Å². The Hall–Kier alpha value is -1.36. The summed E-state index contributed by atoms with van der Waals surface area (Å²) in [6, 6.07) is 4.65. The van der Waals surface area contributed by atoms with Gasteiger partial charge in [-0.05, 0) is 12.1 Å². The number of aliphatic hydroxyl groups is 4. The van der Waals surface area contributed by atoms with Crippen LogP contribution in [0.1, 0.15) is 0 Å². The quantitative estimate of drug-likeness (QED) is 0.244. The molecule has 9 heteroatoms. The van der Waals surface area contributed by atoms with Crippen LogP contribution in [0.2, 0.25) is 0 Å². The monoisotopic (exact) mass is 285 g/mol. The molecule has 4 atom stereocenters. The first-order valence-corrected chi connectivity index (χ1v) is 5.86. The molecular formula is C11H16BNO7. The molecule has 0 aliphatic rings. The summed E-state index contributed by atoms with van der Waals surface area (Å²) in [5, 5.41) is 46.7. The first kappa shape index (κ1) is 16.7. The maximum absolute atomic E-state index is 10.9. The van der Waals surface area contributed by atoms with Gasteiger partial charge in [-0.15, -0.1) is 0 Å². The van der Waals surface area contributed by atoms with Crippen LogP contribution in [0.3, 0.4) is 0 Å². The number of pyridine rings is 1. The van der Waals surface area contributed by atoms with Crippen molar-refractivity contribution in [2.45, 2.75) is 24.4 Å². The van der Waals surface area contributed by atoms with E-state index in [-0.39, 0.29) is 11.9 Å². The van der Waals surface area contributed by atoms with Crippen molar-refractivity contribution in [3.63, 3.8) is 0 Å². The molecule has 110 valence electrons. The molecule has 0 radical (unpaired) electrons. The van der Waals surface area contributed by atoms with Crippen molar-refractivity contribution in [3.8, 4) is 0 Å². The zero-order chi connectivity index (χ0) is 15.1. The van der Waals surface area contributed by atoms with E-state index in [0.717, 1.165) is 0 Å². The second-order valence-electron chi connectivity index (χ2n) is 4.07. The van der Waals surface area contributed by atoms with E-state index in [0.29, 0.717) is 0 Å². The zero-order valence-corrected chi connectivity index (χ0v) is 10.5. The molecule has 0 spiro atoms. The molecule has 0 amide bonds. The van der Waals surface area contributed by atoms with Gasteiger partial charge in [-0.2, -0.15) is 0 Å². The van der Waals surface area contributed by atoms with Gasteiger partial charge in [0.2, 0.25) is 0 Å². The Morgan fingerprint density at radius 2 is 2.00 bits per heavy atom. The number of carbonyl (C=O) groups is 1. The summed E-state index contributed by atoms with van der Waals surface area (Å²) in [5.41, 5.74) is 0.115. The first-order chi connectivity index (χ1) is 9.51. The molecular weight excluding hydrogens is 269 g/mol. The lowest BCUT2D eigenvalue weighted by molar-refractivity contribution is -0.134. The highest BCUT2D eigenvalue weighted by molar-refractivity contribution is 6.59. The van der Waals surface area contributed by atoms with E-state index < -0.39 is 38.1 Å². The number of aldehydes is 1. The molecule has 1 rings (SSSR count). The molecule has 1 heterocycles. The Bertz CT molecular complexity index is 407. The van der Waals surface area contributed by atoms with E-state index in [4.69, 9.17) is 9.76 Å². The van der Waals surface area contributed by atoms with Gasteiger partial charge in [0.05, 0.1) is 12.2 Å². The van der Waals surface area contributed by atoms with Gasteiger partial charge in [0.1, 0.15) is 30.7 Å². The lowest BCUT2D eigenvalue weighted by Crippen LogP contribution is -2.51. The van der Waals surface area contributed by atoms with E-state index >= 15 is 0 Å². The lowest BCUT2D eigenvalue weighted by Gasteiger charge is -2.26. The Morgan fingerprint density at radius 3 is 2.50 bits per heavy atom. The standard InChI is InChI=1S/C11H16BNO7/c14-5-7(16)10(17)11(18)8(6-15)20-12(19)9-3-1-2-4-13-9/h1-4,6-8,10-11,14,16-19H,5H2/t7-,8+,10-,11-/m1/s1. The number of aliphatic hydroxyl groups excluding tert-OH is 4. The Kier molecular flexibility index (Phi) is 6.72. The van der Waals surface area contributed by atoms with Crippen molar-refractivity contribution < 1.29 is 34.9 Å². The summed E-state index contributed by atoms with van der Waals surface area (Å²) in [7, 11) is -1.58. The largest absolute Gasteiger partial charge is 0.511 e. The van der Waals surface area contributed by atoms with Gasteiger partial charge in [-0.1, -0.05) is 6.07 Å². The molecule has 0 aliphatic carbocycles. The summed E-state index contributed by atoms with van der Waals surface area (Å²) in [6.45, 7) is -0.799. The van der Waals surface area contributed by atoms with Crippen LogP contribution >= 0.6 is 0 Å².